The number of para-hydroxylation sites is 3. The van der Waals surface area contributed by atoms with Crippen LogP contribution in [-0.2, 0) is 0 Å². The van der Waals surface area contributed by atoms with Crippen molar-refractivity contribution in [2.45, 2.75) is 0 Å². The van der Waals surface area contributed by atoms with E-state index < -0.39 is 0 Å². The molecular weight excluding hydrogens is 669 g/mol. The average molecular weight is 703 g/mol. The van der Waals surface area contributed by atoms with Crippen molar-refractivity contribution < 1.29 is 0 Å². The van der Waals surface area contributed by atoms with Crippen molar-refractivity contribution in [3.05, 3.63) is 206 Å². The number of hydrogen-bond acceptors (Lipinski definition) is 3. The third-order valence-corrected chi connectivity index (χ3v) is 10.3. The molecule has 0 saturated carbocycles. The fourth-order valence-electron chi connectivity index (χ4n) is 7.59. The molecule has 0 aliphatic heterocycles. The van der Waals surface area contributed by atoms with Crippen LogP contribution in [0.15, 0.2) is 206 Å². The maximum absolute atomic E-state index is 4.92. The Morgan fingerprint density at radius 2 is 0.655 bits per heavy atom. The van der Waals surface area contributed by atoms with Crippen molar-refractivity contribution in [1.82, 2.24) is 19.5 Å². The van der Waals surface area contributed by atoms with Gasteiger partial charge in [0.2, 0.25) is 0 Å². The van der Waals surface area contributed by atoms with Crippen LogP contribution in [0.3, 0.4) is 0 Å². The van der Waals surface area contributed by atoms with E-state index in [1.54, 1.807) is 0 Å². The summed E-state index contributed by atoms with van der Waals surface area (Å²) in [5.74, 6) is 1.95. The first-order valence-electron chi connectivity index (χ1n) is 18.5. The molecule has 10 rings (SSSR count). The van der Waals surface area contributed by atoms with Gasteiger partial charge in [0, 0.05) is 33.0 Å². The third kappa shape index (κ3) is 6.06. The molecule has 4 nitrogen and oxygen atoms in total. The van der Waals surface area contributed by atoms with E-state index in [2.05, 4.69) is 150 Å². The summed E-state index contributed by atoms with van der Waals surface area (Å²) in [7, 11) is 0. The van der Waals surface area contributed by atoms with Gasteiger partial charge in [0.25, 0.3) is 0 Å². The van der Waals surface area contributed by atoms with E-state index in [4.69, 9.17) is 15.0 Å². The minimum Gasteiger partial charge on any atom is -0.309 e. The Morgan fingerprint density at radius 1 is 0.273 bits per heavy atom. The van der Waals surface area contributed by atoms with Crippen molar-refractivity contribution in [2.24, 2.45) is 0 Å². The molecule has 2 aromatic heterocycles. The smallest absolute Gasteiger partial charge is 0.164 e. The summed E-state index contributed by atoms with van der Waals surface area (Å²) < 4.78 is 2.40. The molecule has 0 amide bonds. The van der Waals surface area contributed by atoms with E-state index >= 15 is 0 Å². The Hall–Kier alpha value is -7.43. The molecule has 0 radical (unpaired) electrons. The van der Waals surface area contributed by atoms with Gasteiger partial charge < -0.3 is 4.57 Å². The minimum atomic E-state index is 0.644. The quantitative estimate of drug-likeness (QED) is 0.166. The van der Waals surface area contributed by atoms with Crippen LogP contribution in [0, 0.1) is 0 Å². The SMILES string of the molecule is c1ccc(-c2nc(-c3ccccc3)nc(-c3ccc(-c4cccc(-c5cccc(-c6ccccc6-n6c7ccccc7c7ccccc76)c5)c4)cc3)n2)cc1. The average Bonchev–Trinajstić information content (AvgIpc) is 3.61. The Balaban J connectivity index is 0.991. The van der Waals surface area contributed by atoms with Gasteiger partial charge in [-0.15, -0.1) is 0 Å². The monoisotopic (exact) mass is 702 g/mol. The second kappa shape index (κ2) is 13.8. The van der Waals surface area contributed by atoms with Gasteiger partial charge in [-0.2, -0.15) is 0 Å². The molecule has 0 aliphatic rings. The molecule has 0 fully saturated rings. The highest BCUT2D eigenvalue weighted by Gasteiger charge is 2.16. The lowest BCUT2D eigenvalue weighted by Gasteiger charge is -2.15. The second-order valence-electron chi connectivity index (χ2n) is 13.7. The molecule has 0 unspecified atom stereocenters. The highest BCUT2D eigenvalue weighted by molar-refractivity contribution is 6.09. The predicted octanol–water partition coefficient (Wildman–Crippen LogP) is 13.0. The predicted molar refractivity (Wildman–Crippen MR) is 227 cm³/mol. The van der Waals surface area contributed by atoms with Crippen molar-refractivity contribution >= 4 is 21.8 Å². The van der Waals surface area contributed by atoms with E-state index in [0.29, 0.717) is 17.5 Å². The summed E-state index contributed by atoms with van der Waals surface area (Å²) in [6, 6.07) is 72.4. The summed E-state index contributed by atoms with van der Waals surface area (Å²) in [5.41, 5.74) is 13.4. The Kier molecular flexibility index (Phi) is 8.12. The largest absolute Gasteiger partial charge is 0.309 e. The number of nitrogens with zero attached hydrogens (tertiary/aromatic N) is 4. The van der Waals surface area contributed by atoms with E-state index in [1.807, 2.05) is 60.7 Å². The zero-order valence-electron chi connectivity index (χ0n) is 29.9. The third-order valence-electron chi connectivity index (χ3n) is 10.3. The van der Waals surface area contributed by atoms with E-state index in [0.717, 1.165) is 39.1 Å². The Bertz CT molecular complexity index is 2850. The van der Waals surface area contributed by atoms with Crippen LogP contribution < -0.4 is 0 Å². The molecule has 4 heteroatoms. The van der Waals surface area contributed by atoms with Gasteiger partial charge in [-0.05, 0) is 58.1 Å². The molecule has 0 aliphatic carbocycles. The van der Waals surface area contributed by atoms with Crippen LogP contribution in [0.2, 0.25) is 0 Å². The molecule has 10 aromatic rings. The van der Waals surface area contributed by atoms with Crippen LogP contribution in [0.4, 0.5) is 0 Å². The van der Waals surface area contributed by atoms with E-state index in [-0.39, 0.29) is 0 Å². The molecule has 0 bridgehead atoms. The van der Waals surface area contributed by atoms with E-state index in [9.17, 15) is 0 Å². The molecule has 0 N–H and O–H groups in total. The topological polar surface area (TPSA) is 43.6 Å². The lowest BCUT2D eigenvalue weighted by molar-refractivity contribution is 1.07. The molecule has 0 atom stereocenters. The highest BCUT2D eigenvalue weighted by Crippen LogP contribution is 2.37. The maximum atomic E-state index is 4.92. The molecule has 0 spiro atoms. The zero-order valence-corrected chi connectivity index (χ0v) is 29.9. The maximum Gasteiger partial charge on any atom is 0.164 e. The van der Waals surface area contributed by atoms with Crippen LogP contribution in [-0.4, -0.2) is 19.5 Å². The van der Waals surface area contributed by atoms with E-state index in [1.165, 1.54) is 38.5 Å². The van der Waals surface area contributed by atoms with Crippen molar-refractivity contribution in [3.8, 4) is 73.2 Å². The number of benzene rings is 8. The first-order valence-corrected chi connectivity index (χ1v) is 18.5. The lowest BCUT2D eigenvalue weighted by Crippen LogP contribution is -2.00. The van der Waals surface area contributed by atoms with Crippen LogP contribution in [0.5, 0.6) is 0 Å². The summed E-state index contributed by atoms with van der Waals surface area (Å²) in [4.78, 5) is 14.7. The van der Waals surface area contributed by atoms with Gasteiger partial charge in [-0.3, -0.25) is 0 Å². The van der Waals surface area contributed by atoms with Crippen LogP contribution >= 0.6 is 0 Å². The molecule has 2 heterocycles. The molecule has 8 aromatic carbocycles. The minimum absolute atomic E-state index is 0.644. The van der Waals surface area contributed by atoms with Crippen molar-refractivity contribution in [3.63, 3.8) is 0 Å². The van der Waals surface area contributed by atoms with Gasteiger partial charge >= 0.3 is 0 Å². The summed E-state index contributed by atoms with van der Waals surface area (Å²) in [5, 5.41) is 2.52. The lowest BCUT2D eigenvalue weighted by atomic mass is 9.95. The molecule has 258 valence electrons. The standard InChI is InChI=1S/C51H34N4/c1-3-15-36(16-4-1)49-52-50(37-17-5-2-6-18-37)54-51(53-49)38-31-29-35(30-32-38)39-19-13-20-40(33-39)41-21-14-22-42(34-41)43-23-7-10-26-46(43)55-47-27-11-8-24-44(47)45-25-9-12-28-48(45)55/h1-34H. The fraction of sp³-hybridized carbons (Fsp3) is 0. The van der Waals surface area contributed by atoms with Gasteiger partial charge in [-0.1, -0.05) is 176 Å². The second-order valence-corrected chi connectivity index (χ2v) is 13.7. The summed E-state index contributed by atoms with van der Waals surface area (Å²) in [6.07, 6.45) is 0. The number of hydrogen-bond donors (Lipinski definition) is 0. The molecule has 0 saturated heterocycles. The summed E-state index contributed by atoms with van der Waals surface area (Å²) in [6.45, 7) is 0. The van der Waals surface area contributed by atoms with Crippen LogP contribution in [0.25, 0.3) is 95.0 Å². The highest BCUT2D eigenvalue weighted by atomic mass is 15.0. The fourth-order valence-corrected chi connectivity index (χ4v) is 7.59. The molecular formula is C51H34N4. The van der Waals surface area contributed by atoms with Gasteiger partial charge in [0.05, 0.1) is 16.7 Å². The van der Waals surface area contributed by atoms with Gasteiger partial charge in [-0.25, -0.2) is 15.0 Å². The normalized spacial score (nSPS) is 11.3. The van der Waals surface area contributed by atoms with Crippen molar-refractivity contribution in [2.75, 3.05) is 0 Å². The molecule has 55 heavy (non-hydrogen) atoms. The van der Waals surface area contributed by atoms with Crippen molar-refractivity contribution in [1.29, 1.82) is 0 Å². The zero-order chi connectivity index (χ0) is 36.6. The number of fused-ring (bicyclic) bond motifs is 3. The van der Waals surface area contributed by atoms with Gasteiger partial charge in [0.15, 0.2) is 17.5 Å². The first kappa shape index (κ1) is 32.2. The number of rotatable bonds is 7. The van der Waals surface area contributed by atoms with Gasteiger partial charge in [0.1, 0.15) is 0 Å². The summed E-state index contributed by atoms with van der Waals surface area (Å²) >= 11 is 0. The number of aromatic nitrogens is 4. The van der Waals surface area contributed by atoms with Crippen LogP contribution in [0.1, 0.15) is 0 Å². The Morgan fingerprint density at radius 3 is 1.22 bits per heavy atom. The Labute approximate surface area is 319 Å². The first-order chi connectivity index (χ1) is 27.3.